The number of aryl methyl sites for hydroxylation is 1. The van der Waals surface area contributed by atoms with Crippen LogP contribution >= 0.6 is 0 Å². The molecule has 4 aromatic heterocycles. The second-order valence-electron chi connectivity index (χ2n) is 9.66. The molecular formula is C26H31N9. The summed E-state index contributed by atoms with van der Waals surface area (Å²) in [4.78, 5) is 25.0. The van der Waals surface area contributed by atoms with Crippen molar-refractivity contribution < 1.29 is 0 Å². The van der Waals surface area contributed by atoms with Crippen LogP contribution in [0.5, 0.6) is 0 Å². The Morgan fingerprint density at radius 2 is 1.69 bits per heavy atom. The van der Waals surface area contributed by atoms with Crippen LogP contribution in [0.3, 0.4) is 0 Å². The highest BCUT2D eigenvalue weighted by atomic mass is 15.2. The fraction of sp³-hybridized carbons (Fsp3) is 0.423. The number of rotatable bonds is 6. The summed E-state index contributed by atoms with van der Waals surface area (Å²) in [6.45, 7) is 4.61. The highest BCUT2D eigenvalue weighted by Crippen LogP contribution is 2.29. The number of likely N-dealkylation sites (tertiary alicyclic amines) is 1. The number of nitrogens with zero attached hydrogens (tertiary/aromatic N) is 7. The molecule has 0 amide bonds. The first-order valence-corrected chi connectivity index (χ1v) is 12.6. The third-order valence-electron chi connectivity index (χ3n) is 7.26. The smallest absolute Gasteiger partial charge is 0.223 e. The van der Waals surface area contributed by atoms with E-state index in [2.05, 4.69) is 39.9 Å². The van der Waals surface area contributed by atoms with Crippen molar-refractivity contribution in [1.29, 1.82) is 0 Å². The lowest BCUT2D eigenvalue weighted by Crippen LogP contribution is -2.39. The van der Waals surface area contributed by atoms with Crippen molar-refractivity contribution >= 4 is 23.0 Å². The minimum absolute atomic E-state index is 0.426. The minimum Gasteiger partial charge on any atom is -0.352 e. The molecule has 0 radical (unpaired) electrons. The summed E-state index contributed by atoms with van der Waals surface area (Å²) in [5.74, 6) is 0.695. The van der Waals surface area contributed by atoms with Gasteiger partial charge in [0.1, 0.15) is 12.0 Å². The van der Waals surface area contributed by atoms with Gasteiger partial charge in [0.2, 0.25) is 5.95 Å². The topological polar surface area (TPSA) is 96.2 Å². The Bertz CT molecular complexity index is 1290. The average Bonchev–Trinajstić information content (AvgIpc) is 3.57. The molecule has 1 saturated carbocycles. The summed E-state index contributed by atoms with van der Waals surface area (Å²) in [5, 5.41) is 6.96. The fourth-order valence-corrected chi connectivity index (χ4v) is 5.41. The normalized spacial score (nSPS) is 20.8. The number of aromatic nitrogens is 6. The number of pyridine rings is 1. The lowest BCUT2D eigenvalue weighted by atomic mass is 9.90. The van der Waals surface area contributed by atoms with Crippen LogP contribution in [0.1, 0.15) is 44.1 Å². The maximum Gasteiger partial charge on any atom is 0.223 e. The molecule has 0 spiro atoms. The Labute approximate surface area is 205 Å². The second kappa shape index (κ2) is 9.58. The molecule has 6 rings (SSSR count). The van der Waals surface area contributed by atoms with E-state index >= 15 is 0 Å². The summed E-state index contributed by atoms with van der Waals surface area (Å²) in [6, 6.07) is 5.17. The van der Waals surface area contributed by atoms with Gasteiger partial charge >= 0.3 is 0 Å². The largest absolute Gasteiger partial charge is 0.352 e. The molecule has 0 atom stereocenters. The van der Waals surface area contributed by atoms with Gasteiger partial charge in [0, 0.05) is 24.5 Å². The van der Waals surface area contributed by atoms with Gasteiger partial charge in [-0.1, -0.05) is 0 Å². The summed E-state index contributed by atoms with van der Waals surface area (Å²) >= 11 is 0. The van der Waals surface area contributed by atoms with Crippen molar-refractivity contribution in [1.82, 2.24) is 34.2 Å². The molecule has 9 heteroatoms. The van der Waals surface area contributed by atoms with Crippen LogP contribution < -0.4 is 10.6 Å². The van der Waals surface area contributed by atoms with Crippen LogP contribution in [0.25, 0.3) is 17.0 Å². The maximum absolute atomic E-state index is 4.94. The molecule has 0 aromatic carbocycles. The van der Waals surface area contributed by atoms with E-state index in [-0.39, 0.29) is 0 Å². The van der Waals surface area contributed by atoms with Crippen LogP contribution in [-0.2, 0) is 0 Å². The van der Waals surface area contributed by atoms with Crippen LogP contribution in [0, 0.1) is 6.92 Å². The Balaban J connectivity index is 1.20. The number of nitrogens with one attached hydrogen (secondary N) is 2. The first-order chi connectivity index (χ1) is 17.2. The average molecular weight is 470 g/mol. The predicted octanol–water partition coefficient (Wildman–Crippen LogP) is 4.45. The molecule has 180 valence electrons. The number of anilines is 3. The first kappa shape index (κ1) is 21.9. The molecule has 5 heterocycles. The third kappa shape index (κ3) is 4.68. The molecule has 2 N–H and O–H groups in total. The SMILES string of the molecule is Cc1cnc(NC2CCC(N3CCCC3)CC2)nc1-c1cnc2ccc(Nc3cncnc3)cn12. The highest BCUT2D eigenvalue weighted by Gasteiger charge is 2.27. The third-order valence-corrected chi connectivity index (χ3v) is 7.26. The summed E-state index contributed by atoms with van der Waals surface area (Å²) in [5.41, 5.74) is 5.46. The summed E-state index contributed by atoms with van der Waals surface area (Å²) in [6.07, 6.45) is 18.4. The lowest BCUT2D eigenvalue weighted by Gasteiger charge is -2.34. The number of fused-ring (bicyclic) bond motifs is 1. The van der Waals surface area contributed by atoms with Crippen LogP contribution in [0.15, 0.2) is 49.4 Å². The van der Waals surface area contributed by atoms with E-state index < -0.39 is 0 Å². The van der Waals surface area contributed by atoms with E-state index in [0.717, 1.165) is 40.0 Å². The molecule has 1 saturated heterocycles. The van der Waals surface area contributed by atoms with Crippen molar-refractivity contribution in [3.8, 4) is 11.4 Å². The molecule has 9 nitrogen and oxygen atoms in total. The van der Waals surface area contributed by atoms with Crippen molar-refractivity contribution in [3.63, 3.8) is 0 Å². The maximum atomic E-state index is 4.94. The predicted molar refractivity (Wildman–Crippen MR) is 137 cm³/mol. The van der Waals surface area contributed by atoms with Crippen LogP contribution in [0.4, 0.5) is 17.3 Å². The van der Waals surface area contributed by atoms with E-state index in [1.165, 1.54) is 57.9 Å². The van der Waals surface area contributed by atoms with E-state index in [9.17, 15) is 0 Å². The molecule has 0 bridgehead atoms. The van der Waals surface area contributed by atoms with Gasteiger partial charge in [0.15, 0.2) is 0 Å². The van der Waals surface area contributed by atoms with Gasteiger partial charge in [0.25, 0.3) is 0 Å². The Morgan fingerprint density at radius 3 is 2.49 bits per heavy atom. The Morgan fingerprint density at radius 1 is 0.886 bits per heavy atom. The van der Waals surface area contributed by atoms with Gasteiger partial charge in [0.05, 0.1) is 41.4 Å². The molecule has 0 unspecified atom stereocenters. The molecule has 1 aliphatic heterocycles. The van der Waals surface area contributed by atoms with Gasteiger partial charge in [-0.25, -0.2) is 24.9 Å². The molecule has 35 heavy (non-hydrogen) atoms. The standard InChI is InChI=1S/C26H31N9/c1-18-12-30-26(32-19-4-7-22(8-5-19)34-10-2-3-11-34)33-25(18)23-15-29-24-9-6-20(16-35(23)24)31-21-13-27-17-28-14-21/h6,9,12-17,19,22,31H,2-5,7-8,10-11H2,1H3,(H,30,32,33). The van der Waals surface area contributed by atoms with Gasteiger partial charge in [-0.15, -0.1) is 0 Å². The molecule has 2 fully saturated rings. The molecule has 1 aliphatic carbocycles. The number of imidazole rings is 1. The molecule has 4 aromatic rings. The van der Waals surface area contributed by atoms with Crippen molar-refractivity contribution in [2.75, 3.05) is 23.7 Å². The van der Waals surface area contributed by atoms with Crippen molar-refractivity contribution in [2.45, 2.75) is 57.5 Å². The van der Waals surface area contributed by atoms with Gasteiger partial charge in [-0.2, -0.15) is 0 Å². The van der Waals surface area contributed by atoms with Crippen molar-refractivity contribution in [3.05, 3.63) is 55.0 Å². The zero-order valence-corrected chi connectivity index (χ0v) is 20.1. The Hall–Kier alpha value is -3.59. The van der Waals surface area contributed by atoms with Crippen molar-refractivity contribution in [2.24, 2.45) is 0 Å². The number of hydrogen-bond acceptors (Lipinski definition) is 8. The van der Waals surface area contributed by atoms with Gasteiger partial charge < -0.3 is 15.5 Å². The quantitative estimate of drug-likeness (QED) is 0.428. The summed E-state index contributed by atoms with van der Waals surface area (Å²) in [7, 11) is 0. The molecule has 2 aliphatic rings. The number of hydrogen-bond donors (Lipinski definition) is 2. The Kier molecular flexibility index (Phi) is 5.99. The van der Waals surface area contributed by atoms with E-state index in [1.807, 2.05) is 37.6 Å². The minimum atomic E-state index is 0.426. The van der Waals surface area contributed by atoms with Crippen LogP contribution in [0.2, 0.25) is 0 Å². The fourth-order valence-electron chi connectivity index (χ4n) is 5.41. The second-order valence-corrected chi connectivity index (χ2v) is 9.66. The van der Waals surface area contributed by atoms with E-state index in [4.69, 9.17) is 4.98 Å². The lowest BCUT2D eigenvalue weighted by molar-refractivity contribution is 0.186. The van der Waals surface area contributed by atoms with Gasteiger partial charge in [-0.3, -0.25) is 4.40 Å². The zero-order valence-electron chi connectivity index (χ0n) is 20.1. The summed E-state index contributed by atoms with van der Waals surface area (Å²) < 4.78 is 2.06. The molecular weight excluding hydrogens is 438 g/mol. The van der Waals surface area contributed by atoms with E-state index in [0.29, 0.717) is 12.0 Å². The van der Waals surface area contributed by atoms with Crippen LogP contribution in [-0.4, -0.2) is 59.4 Å². The van der Waals surface area contributed by atoms with E-state index in [1.54, 1.807) is 12.4 Å². The monoisotopic (exact) mass is 469 g/mol. The van der Waals surface area contributed by atoms with Gasteiger partial charge in [-0.05, 0) is 76.2 Å². The zero-order chi connectivity index (χ0) is 23.6. The first-order valence-electron chi connectivity index (χ1n) is 12.6. The highest BCUT2D eigenvalue weighted by molar-refractivity contribution is 5.67.